The van der Waals surface area contributed by atoms with Gasteiger partial charge in [0.1, 0.15) is 11.9 Å². The molecule has 0 fully saturated rings. The predicted octanol–water partition coefficient (Wildman–Crippen LogP) is 4.73. The number of imidazole rings is 1. The van der Waals surface area contributed by atoms with Crippen LogP contribution in [0.5, 0.6) is 0 Å². The molecule has 25 heavy (non-hydrogen) atoms. The maximum absolute atomic E-state index is 11.0. The van der Waals surface area contributed by atoms with Crippen molar-refractivity contribution >= 4 is 11.0 Å². The fourth-order valence-electron chi connectivity index (χ4n) is 3.33. The van der Waals surface area contributed by atoms with Crippen molar-refractivity contribution in [1.29, 1.82) is 0 Å². The van der Waals surface area contributed by atoms with Crippen LogP contribution >= 0.6 is 0 Å². The minimum Gasteiger partial charge on any atom is -0.380 e. The van der Waals surface area contributed by atoms with Crippen LogP contribution in [0.1, 0.15) is 36.0 Å². The van der Waals surface area contributed by atoms with Gasteiger partial charge in [0.15, 0.2) is 0 Å². The topological polar surface area (TPSA) is 38.0 Å². The molecule has 124 valence electrons. The predicted molar refractivity (Wildman–Crippen MR) is 100 cm³/mol. The largest absolute Gasteiger partial charge is 0.380 e. The fraction of sp³-hybridized carbons (Fsp3) is 0.136. The van der Waals surface area contributed by atoms with Gasteiger partial charge in [-0.1, -0.05) is 72.8 Å². The zero-order chi connectivity index (χ0) is 17.2. The lowest BCUT2D eigenvalue weighted by molar-refractivity contribution is 0.204. The van der Waals surface area contributed by atoms with E-state index in [2.05, 4.69) is 29.7 Å². The number of nitrogens with zero attached hydrogens (tertiary/aromatic N) is 2. The van der Waals surface area contributed by atoms with E-state index in [0.29, 0.717) is 5.82 Å². The van der Waals surface area contributed by atoms with E-state index < -0.39 is 6.10 Å². The van der Waals surface area contributed by atoms with Crippen molar-refractivity contribution in [2.24, 2.45) is 0 Å². The van der Waals surface area contributed by atoms with Crippen molar-refractivity contribution < 1.29 is 5.11 Å². The van der Waals surface area contributed by atoms with Crippen LogP contribution in [0, 0.1) is 0 Å². The first-order chi connectivity index (χ1) is 12.3. The molecule has 4 aromatic rings. The summed E-state index contributed by atoms with van der Waals surface area (Å²) in [6, 6.07) is 28.1. The van der Waals surface area contributed by atoms with Crippen LogP contribution in [-0.4, -0.2) is 14.7 Å². The third-order valence-corrected chi connectivity index (χ3v) is 4.65. The first kappa shape index (κ1) is 15.6. The molecule has 3 aromatic carbocycles. The smallest absolute Gasteiger partial charge is 0.144 e. The number of hydrogen-bond acceptors (Lipinski definition) is 2. The van der Waals surface area contributed by atoms with E-state index in [1.807, 2.05) is 66.7 Å². The van der Waals surface area contributed by atoms with Crippen molar-refractivity contribution in [2.45, 2.75) is 19.1 Å². The third kappa shape index (κ3) is 2.83. The Bertz CT molecular complexity index is 977. The molecule has 2 atom stereocenters. The van der Waals surface area contributed by atoms with E-state index in [1.165, 1.54) is 5.56 Å². The molecule has 0 bridgehead atoms. The quantitative estimate of drug-likeness (QED) is 0.588. The Hall–Kier alpha value is -2.91. The van der Waals surface area contributed by atoms with E-state index in [9.17, 15) is 5.11 Å². The van der Waals surface area contributed by atoms with Crippen LogP contribution in [0.3, 0.4) is 0 Å². The summed E-state index contributed by atoms with van der Waals surface area (Å²) in [5.41, 5.74) is 3.96. The SMILES string of the molecule is CC(c1ccccc1)n1c(C(O)c2ccccc2)nc2ccccc21. The lowest BCUT2D eigenvalue weighted by atomic mass is 10.1. The Kier molecular flexibility index (Phi) is 4.08. The highest BCUT2D eigenvalue weighted by Gasteiger charge is 2.23. The standard InChI is InChI=1S/C22H20N2O/c1-16(17-10-4-2-5-11-17)24-20-15-9-8-14-19(20)23-22(24)21(25)18-12-6-3-7-13-18/h2-16,21,25H,1H3. The summed E-state index contributed by atoms with van der Waals surface area (Å²) >= 11 is 0. The van der Waals surface area contributed by atoms with Crippen LogP contribution in [0.15, 0.2) is 84.9 Å². The minimum atomic E-state index is -0.764. The van der Waals surface area contributed by atoms with E-state index >= 15 is 0 Å². The van der Waals surface area contributed by atoms with Gasteiger partial charge in [0, 0.05) is 0 Å². The van der Waals surface area contributed by atoms with E-state index in [-0.39, 0.29) is 6.04 Å². The first-order valence-electron chi connectivity index (χ1n) is 8.50. The fourth-order valence-corrected chi connectivity index (χ4v) is 3.33. The van der Waals surface area contributed by atoms with Crippen LogP contribution < -0.4 is 0 Å². The third-order valence-electron chi connectivity index (χ3n) is 4.65. The first-order valence-corrected chi connectivity index (χ1v) is 8.50. The second-order valence-corrected chi connectivity index (χ2v) is 6.23. The van der Waals surface area contributed by atoms with Crippen LogP contribution in [0.25, 0.3) is 11.0 Å². The molecule has 0 radical (unpaired) electrons. The molecular weight excluding hydrogens is 308 g/mol. The maximum atomic E-state index is 11.0. The number of aromatic nitrogens is 2. The number of rotatable bonds is 4. The Labute approximate surface area is 147 Å². The second kappa shape index (κ2) is 6.54. The summed E-state index contributed by atoms with van der Waals surface area (Å²) in [6.45, 7) is 2.14. The summed E-state index contributed by atoms with van der Waals surface area (Å²) in [4.78, 5) is 4.75. The summed E-state index contributed by atoms with van der Waals surface area (Å²) in [7, 11) is 0. The number of aliphatic hydroxyl groups excluding tert-OH is 1. The molecule has 1 heterocycles. The Morgan fingerprint density at radius 2 is 1.32 bits per heavy atom. The highest BCUT2D eigenvalue weighted by molar-refractivity contribution is 5.76. The summed E-state index contributed by atoms with van der Waals surface area (Å²) < 4.78 is 2.14. The zero-order valence-corrected chi connectivity index (χ0v) is 14.1. The molecule has 0 saturated heterocycles. The molecule has 0 spiro atoms. The van der Waals surface area contributed by atoms with Gasteiger partial charge in [-0.3, -0.25) is 0 Å². The number of fused-ring (bicyclic) bond motifs is 1. The van der Waals surface area contributed by atoms with Crippen molar-refractivity contribution in [2.75, 3.05) is 0 Å². The van der Waals surface area contributed by atoms with Gasteiger partial charge in [0.05, 0.1) is 17.1 Å². The summed E-state index contributed by atoms with van der Waals surface area (Å²) in [6.07, 6.45) is -0.764. The van der Waals surface area contributed by atoms with Crippen LogP contribution in [0.2, 0.25) is 0 Å². The summed E-state index contributed by atoms with van der Waals surface area (Å²) in [5, 5.41) is 11.0. The Morgan fingerprint density at radius 3 is 2.00 bits per heavy atom. The molecule has 0 aliphatic carbocycles. The average molecular weight is 328 g/mol. The normalized spacial score (nSPS) is 13.7. The molecule has 0 amide bonds. The van der Waals surface area contributed by atoms with Gasteiger partial charge in [-0.15, -0.1) is 0 Å². The molecule has 4 rings (SSSR count). The van der Waals surface area contributed by atoms with Gasteiger partial charge in [0.25, 0.3) is 0 Å². The Morgan fingerprint density at radius 1 is 0.760 bits per heavy atom. The zero-order valence-electron chi connectivity index (χ0n) is 14.1. The van der Waals surface area contributed by atoms with E-state index in [0.717, 1.165) is 16.6 Å². The second-order valence-electron chi connectivity index (χ2n) is 6.23. The van der Waals surface area contributed by atoms with Gasteiger partial charge >= 0.3 is 0 Å². The van der Waals surface area contributed by atoms with Crippen molar-refractivity contribution in [3.63, 3.8) is 0 Å². The van der Waals surface area contributed by atoms with Gasteiger partial charge < -0.3 is 9.67 Å². The van der Waals surface area contributed by atoms with Gasteiger partial charge in [0.2, 0.25) is 0 Å². The van der Waals surface area contributed by atoms with Crippen molar-refractivity contribution in [3.8, 4) is 0 Å². The van der Waals surface area contributed by atoms with Gasteiger partial charge in [-0.2, -0.15) is 0 Å². The lowest BCUT2D eigenvalue weighted by Crippen LogP contribution is -2.14. The molecule has 3 nitrogen and oxygen atoms in total. The van der Waals surface area contributed by atoms with Crippen LogP contribution in [0.4, 0.5) is 0 Å². The maximum Gasteiger partial charge on any atom is 0.144 e. The molecule has 0 saturated carbocycles. The van der Waals surface area contributed by atoms with E-state index in [4.69, 9.17) is 4.98 Å². The molecule has 2 unspecified atom stereocenters. The molecule has 3 heteroatoms. The van der Waals surface area contributed by atoms with Crippen molar-refractivity contribution in [3.05, 3.63) is 102 Å². The van der Waals surface area contributed by atoms with Crippen LogP contribution in [-0.2, 0) is 0 Å². The molecular formula is C22H20N2O. The summed E-state index contributed by atoms with van der Waals surface area (Å²) in [5.74, 6) is 0.670. The highest BCUT2D eigenvalue weighted by atomic mass is 16.3. The highest BCUT2D eigenvalue weighted by Crippen LogP contribution is 2.31. The molecule has 0 aliphatic heterocycles. The molecule has 0 aliphatic rings. The van der Waals surface area contributed by atoms with E-state index in [1.54, 1.807) is 0 Å². The number of para-hydroxylation sites is 2. The van der Waals surface area contributed by atoms with Gasteiger partial charge in [-0.25, -0.2) is 4.98 Å². The molecule has 1 N–H and O–H groups in total. The Balaban J connectivity index is 1.90. The van der Waals surface area contributed by atoms with Gasteiger partial charge in [-0.05, 0) is 30.2 Å². The van der Waals surface area contributed by atoms with Crippen molar-refractivity contribution in [1.82, 2.24) is 9.55 Å². The minimum absolute atomic E-state index is 0.0713. The number of hydrogen-bond donors (Lipinski definition) is 1. The average Bonchev–Trinajstić information content (AvgIpc) is 3.07. The monoisotopic (exact) mass is 328 g/mol. The molecule has 1 aromatic heterocycles. The number of benzene rings is 3. The lowest BCUT2D eigenvalue weighted by Gasteiger charge is -2.21. The number of aliphatic hydroxyl groups is 1.